The number of carbonyl (C=O) groups is 2. The number of hydrogen-bond acceptors (Lipinski definition) is 9. The third-order valence-corrected chi connectivity index (χ3v) is 9.61. The zero-order chi connectivity index (χ0) is 20.2. The SMILES string of the molecule is COP(=O)(Cc1cn(C[C@@]2(C)[C@H](C(=O)O)N3C(=O)C[C@H]3S2(=O)=O)nn1)OC. The van der Waals surface area contributed by atoms with Gasteiger partial charge in [0, 0.05) is 20.4 Å². The van der Waals surface area contributed by atoms with Crippen LogP contribution in [0.3, 0.4) is 0 Å². The van der Waals surface area contributed by atoms with Gasteiger partial charge in [-0.1, -0.05) is 5.21 Å². The summed E-state index contributed by atoms with van der Waals surface area (Å²) in [5.41, 5.74) is 0.229. The minimum absolute atomic E-state index is 0.181. The Morgan fingerprint density at radius 3 is 2.59 bits per heavy atom. The standard InChI is InChI=1S/C13H19N4O8PS/c1-13(7-16-5-8(14-15-16)6-26(21,24-2)25-3)11(12(19)20)17-9(18)4-10(17)27(13,22)23/h5,10-11H,4,6-7H2,1-3H3,(H,19,20)/t10-,11+,13+/m1/s1. The van der Waals surface area contributed by atoms with E-state index in [0.717, 1.165) is 9.58 Å². The van der Waals surface area contributed by atoms with Crippen molar-refractivity contribution in [2.45, 2.75) is 42.2 Å². The van der Waals surface area contributed by atoms with Crippen molar-refractivity contribution in [3.8, 4) is 0 Å². The summed E-state index contributed by atoms with van der Waals surface area (Å²) in [6, 6.07) is -1.52. The van der Waals surface area contributed by atoms with Gasteiger partial charge in [-0.2, -0.15) is 0 Å². The molecule has 27 heavy (non-hydrogen) atoms. The summed E-state index contributed by atoms with van der Waals surface area (Å²) in [4.78, 5) is 24.4. The van der Waals surface area contributed by atoms with Gasteiger partial charge in [0.2, 0.25) is 5.91 Å². The number of aromatic nitrogens is 3. The number of sulfone groups is 1. The van der Waals surface area contributed by atoms with Crippen LogP contribution >= 0.6 is 7.60 Å². The fraction of sp³-hybridized carbons (Fsp3) is 0.692. The number of β-lactam (4-membered cyclic amide) rings is 1. The number of carbonyl (C=O) groups excluding carboxylic acids is 1. The second kappa shape index (κ2) is 6.36. The van der Waals surface area contributed by atoms with Crippen molar-refractivity contribution in [3.63, 3.8) is 0 Å². The van der Waals surface area contributed by atoms with Gasteiger partial charge in [-0.05, 0) is 6.92 Å². The lowest BCUT2D eigenvalue weighted by molar-refractivity contribution is -0.157. The van der Waals surface area contributed by atoms with Gasteiger partial charge < -0.3 is 19.1 Å². The zero-order valence-corrected chi connectivity index (χ0v) is 16.5. The molecule has 3 heterocycles. The fourth-order valence-electron chi connectivity index (χ4n) is 3.50. The molecular formula is C13H19N4O8PS. The smallest absolute Gasteiger partial charge is 0.336 e. The van der Waals surface area contributed by atoms with Crippen molar-refractivity contribution >= 4 is 29.3 Å². The van der Waals surface area contributed by atoms with Crippen molar-refractivity contribution in [1.29, 1.82) is 0 Å². The molecule has 0 unspecified atom stereocenters. The summed E-state index contributed by atoms with van der Waals surface area (Å²) in [7, 11) is -4.91. The fourth-order valence-corrected chi connectivity index (χ4v) is 6.81. The molecule has 14 heteroatoms. The highest BCUT2D eigenvalue weighted by atomic mass is 32.2. The number of nitrogens with zero attached hydrogens (tertiary/aromatic N) is 4. The summed E-state index contributed by atoms with van der Waals surface area (Å²) in [6.07, 6.45) is 0.940. The Kier molecular flexibility index (Phi) is 4.70. The van der Waals surface area contributed by atoms with Gasteiger partial charge >= 0.3 is 13.6 Å². The molecule has 1 amide bonds. The summed E-state index contributed by atoms with van der Waals surface area (Å²) in [6.45, 7) is 0.952. The Balaban J connectivity index is 1.91. The first kappa shape index (κ1) is 19.9. The molecule has 3 rings (SSSR count). The van der Waals surface area contributed by atoms with Crippen LogP contribution in [0, 0.1) is 0 Å². The summed E-state index contributed by atoms with van der Waals surface area (Å²) < 4.78 is 46.9. The van der Waals surface area contributed by atoms with Gasteiger partial charge in [0.15, 0.2) is 15.9 Å². The Morgan fingerprint density at radius 2 is 2.07 bits per heavy atom. The van der Waals surface area contributed by atoms with E-state index in [4.69, 9.17) is 9.05 Å². The second-order valence-corrected chi connectivity index (χ2v) is 11.4. The van der Waals surface area contributed by atoms with Gasteiger partial charge in [0.05, 0.1) is 24.8 Å². The first-order valence-electron chi connectivity index (χ1n) is 7.86. The molecule has 0 saturated carbocycles. The quantitative estimate of drug-likeness (QED) is 0.447. The van der Waals surface area contributed by atoms with Gasteiger partial charge in [-0.3, -0.25) is 14.0 Å². The topological polar surface area (TPSA) is 158 Å². The lowest BCUT2D eigenvalue weighted by Crippen LogP contribution is -2.58. The monoisotopic (exact) mass is 422 g/mol. The lowest BCUT2D eigenvalue weighted by atomic mass is 9.96. The van der Waals surface area contributed by atoms with Crippen LogP contribution in [0.5, 0.6) is 0 Å². The zero-order valence-electron chi connectivity index (χ0n) is 14.8. The highest BCUT2D eigenvalue weighted by Crippen LogP contribution is 2.49. The first-order valence-corrected chi connectivity index (χ1v) is 11.1. The first-order chi connectivity index (χ1) is 12.5. The summed E-state index contributed by atoms with van der Waals surface area (Å²) in [5, 5.41) is 16.0. The minimum Gasteiger partial charge on any atom is -0.480 e. The number of carboxylic acid groups (broad SMARTS) is 1. The van der Waals surface area contributed by atoms with E-state index in [1.807, 2.05) is 0 Å². The molecule has 3 atom stereocenters. The molecule has 1 aromatic heterocycles. The molecule has 1 aromatic rings. The maximum atomic E-state index is 12.9. The van der Waals surface area contributed by atoms with Gasteiger partial charge in [0.1, 0.15) is 10.1 Å². The Bertz CT molecular complexity index is 938. The van der Waals surface area contributed by atoms with Crippen molar-refractivity contribution in [1.82, 2.24) is 19.9 Å². The van der Waals surface area contributed by atoms with E-state index < -0.39 is 45.5 Å². The van der Waals surface area contributed by atoms with E-state index in [2.05, 4.69) is 10.3 Å². The Hall–Kier alpha value is -1.82. The van der Waals surface area contributed by atoms with Gasteiger partial charge in [-0.15, -0.1) is 5.10 Å². The number of fused-ring (bicyclic) bond motifs is 1. The third kappa shape index (κ3) is 2.89. The molecule has 0 aliphatic carbocycles. The molecule has 2 aliphatic rings. The minimum atomic E-state index is -3.96. The highest BCUT2D eigenvalue weighted by molar-refractivity contribution is 7.93. The lowest BCUT2D eigenvalue weighted by Gasteiger charge is -2.35. The Morgan fingerprint density at radius 1 is 1.44 bits per heavy atom. The molecule has 1 N–H and O–H groups in total. The number of amides is 1. The molecule has 0 spiro atoms. The van der Waals surface area contributed by atoms with E-state index in [9.17, 15) is 27.7 Å². The van der Waals surface area contributed by atoms with E-state index in [-0.39, 0.29) is 24.8 Å². The van der Waals surface area contributed by atoms with Crippen LogP contribution in [0.2, 0.25) is 0 Å². The van der Waals surface area contributed by atoms with Crippen LogP contribution < -0.4 is 0 Å². The molecule has 0 aromatic carbocycles. The summed E-state index contributed by atoms with van der Waals surface area (Å²) >= 11 is 0. The maximum absolute atomic E-state index is 12.9. The predicted molar refractivity (Wildman–Crippen MR) is 89.4 cm³/mol. The van der Waals surface area contributed by atoms with Crippen molar-refractivity contribution in [2.75, 3.05) is 14.2 Å². The molecule has 150 valence electrons. The third-order valence-electron chi connectivity index (χ3n) is 5.02. The van der Waals surface area contributed by atoms with Crippen LogP contribution in [0.15, 0.2) is 6.20 Å². The van der Waals surface area contributed by atoms with Gasteiger partial charge in [-0.25, -0.2) is 13.2 Å². The highest BCUT2D eigenvalue weighted by Gasteiger charge is 2.70. The van der Waals surface area contributed by atoms with E-state index in [0.29, 0.717) is 0 Å². The number of aliphatic carboxylic acids is 1. The summed E-state index contributed by atoms with van der Waals surface area (Å²) in [5.74, 6) is -1.92. The van der Waals surface area contributed by atoms with Crippen molar-refractivity contribution < 1.29 is 36.7 Å². The molecule has 2 aliphatic heterocycles. The molecule has 2 fully saturated rings. The maximum Gasteiger partial charge on any atom is 0.336 e. The Labute approximate surface area is 154 Å². The van der Waals surface area contributed by atoms with E-state index in [1.165, 1.54) is 27.3 Å². The van der Waals surface area contributed by atoms with Crippen LogP contribution in [0.25, 0.3) is 0 Å². The van der Waals surface area contributed by atoms with Crippen molar-refractivity contribution in [3.05, 3.63) is 11.9 Å². The number of carboxylic acids is 1. The normalized spacial score (nSPS) is 29.4. The van der Waals surface area contributed by atoms with E-state index >= 15 is 0 Å². The largest absolute Gasteiger partial charge is 0.480 e. The van der Waals surface area contributed by atoms with Crippen LogP contribution in [0.4, 0.5) is 0 Å². The molecule has 0 radical (unpaired) electrons. The van der Waals surface area contributed by atoms with Crippen molar-refractivity contribution in [2.24, 2.45) is 0 Å². The molecular weight excluding hydrogens is 403 g/mol. The molecule has 0 bridgehead atoms. The van der Waals surface area contributed by atoms with Gasteiger partial charge in [0.25, 0.3) is 0 Å². The number of rotatable bonds is 7. The van der Waals surface area contributed by atoms with Crippen LogP contribution in [0.1, 0.15) is 19.0 Å². The average molecular weight is 422 g/mol. The van der Waals surface area contributed by atoms with E-state index in [1.54, 1.807) is 0 Å². The molecule has 2 saturated heterocycles. The number of hydrogen-bond donors (Lipinski definition) is 1. The second-order valence-electron chi connectivity index (χ2n) is 6.60. The van der Waals surface area contributed by atoms with Crippen LogP contribution in [-0.4, -0.2) is 75.7 Å². The van der Waals surface area contributed by atoms with Crippen LogP contribution in [-0.2, 0) is 45.7 Å². The predicted octanol–water partition coefficient (Wildman–Crippen LogP) is -0.537. The molecule has 12 nitrogen and oxygen atoms in total. The average Bonchev–Trinajstić information content (AvgIpc) is 3.07.